The number of hydrogen-bond acceptors (Lipinski definition) is 3. The van der Waals surface area contributed by atoms with Crippen molar-refractivity contribution in [1.29, 1.82) is 0 Å². The molecule has 164 valence electrons. The topological polar surface area (TPSA) is 55.4 Å². The van der Waals surface area contributed by atoms with Crippen molar-refractivity contribution >= 4 is 18.3 Å². The second-order valence-electron chi connectivity index (χ2n) is 9.44. The number of aryl methyl sites for hydroxylation is 1. The summed E-state index contributed by atoms with van der Waals surface area (Å²) < 4.78 is 36.0. The van der Waals surface area contributed by atoms with Gasteiger partial charge in [0.2, 0.25) is 10.0 Å². The highest BCUT2D eigenvalue weighted by atomic mass is 32.2. The Morgan fingerprint density at radius 2 is 1.48 bits per heavy atom. The third-order valence-electron chi connectivity index (χ3n) is 6.40. The predicted molar refractivity (Wildman–Crippen MR) is 124 cm³/mol. The van der Waals surface area contributed by atoms with Crippen LogP contribution < -0.4 is 4.72 Å². The lowest BCUT2D eigenvalue weighted by Crippen LogP contribution is -2.50. The van der Waals surface area contributed by atoms with Gasteiger partial charge in [-0.05, 0) is 67.4 Å². The summed E-state index contributed by atoms with van der Waals surface area (Å²) in [7, 11) is -5.75. The largest absolute Gasteiger partial charge is 0.544 e. The van der Waals surface area contributed by atoms with Crippen LogP contribution >= 0.6 is 0 Å². The maximum Gasteiger partial charge on any atom is 0.258 e. The molecular formula is C23H39NO3SSi. The third kappa shape index (κ3) is 5.15. The second-order valence-corrected chi connectivity index (χ2v) is 16.5. The summed E-state index contributed by atoms with van der Waals surface area (Å²) in [6.45, 7) is 17.6. The minimum absolute atomic E-state index is 0.293. The van der Waals surface area contributed by atoms with Crippen LogP contribution in [0.2, 0.25) is 16.6 Å². The van der Waals surface area contributed by atoms with Crippen LogP contribution in [0.25, 0.3) is 0 Å². The maximum absolute atomic E-state index is 13.1. The first-order valence-corrected chi connectivity index (χ1v) is 14.5. The minimum atomic E-state index is -3.60. The number of allylic oxidation sites excluding steroid dienone is 1. The van der Waals surface area contributed by atoms with Crippen molar-refractivity contribution in [1.82, 2.24) is 4.72 Å². The van der Waals surface area contributed by atoms with E-state index < -0.39 is 18.3 Å². The molecular weight excluding hydrogens is 398 g/mol. The molecule has 1 N–H and O–H groups in total. The summed E-state index contributed by atoms with van der Waals surface area (Å²) in [6.07, 6.45) is 2.72. The molecule has 1 aliphatic carbocycles. The van der Waals surface area contributed by atoms with Gasteiger partial charge < -0.3 is 4.43 Å². The predicted octanol–water partition coefficient (Wildman–Crippen LogP) is 6.29. The zero-order valence-corrected chi connectivity index (χ0v) is 21.2. The highest BCUT2D eigenvalue weighted by Crippen LogP contribution is 2.45. The van der Waals surface area contributed by atoms with Gasteiger partial charge in [-0.3, -0.25) is 0 Å². The van der Waals surface area contributed by atoms with Gasteiger partial charge in [-0.15, -0.1) is 0 Å². The molecule has 6 heteroatoms. The second kappa shape index (κ2) is 9.35. The van der Waals surface area contributed by atoms with Crippen molar-refractivity contribution in [3.05, 3.63) is 41.2 Å². The fourth-order valence-electron chi connectivity index (χ4n) is 4.91. The van der Waals surface area contributed by atoms with Crippen molar-refractivity contribution in [2.24, 2.45) is 0 Å². The van der Waals surface area contributed by atoms with E-state index in [1.165, 1.54) is 5.57 Å². The number of benzene rings is 1. The molecule has 0 saturated carbocycles. The number of sulfonamides is 1. The van der Waals surface area contributed by atoms with Gasteiger partial charge in [-0.2, -0.15) is 0 Å². The van der Waals surface area contributed by atoms with Crippen molar-refractivity contribution in [3.63, 3.8) is 0 Å². The first-order chi connectivity index (χ1) is 13.4. The van der Waals surface area contributed by atoms with Gasteiger partial charge >= 0.3 is 0 Å². The smallest absolute Gasteiger partial charge is 0.258 e. The van der Waals surface area contributed by atoms with E-state index >= 15 is 0 Å². The van der Waals surface area contributed by atoms with Crippen LogP contribution in [0, 0.1) is 6.92 Å². The first kappa shape index (κ1) is 24.2. The lowest BCUT2D eigenvalue weighted by atomic mass is 9.95. The summed E-state index contributed by atoms with van der Waals surface area (Å²) in [5.41, 5.74) is 3.56. The Bertz CT molecular complexity index is 804. The van der Waals surface area contributed by atoms with Gasteiger partial charge in [0.1, 0.15) is 0 Å². The Labute approximate surface area is 179 Å². The molecule has 0 fully saturated rings. The van der Waals surface area contributed by atoms with Gasteiger partial charge in [0.15, 0.2) is 0 Å². The van der Waals surface area contributed by atoms with Gasteiger partial charge in [-0.1, -0.05) is 59.2 Å². The molecule has 0 amide bonds. The van der Waals surface area contributed by atoms with Crippen LogP contribution in [0.15, 0.2) is 40.5 Å². The van der Waals surface area contributed by atoms with Crippen LogP contribution in [0.3, 0.4) is 0 Å². The number of rotatable bonds is 8. The molecule has 0 spiro atoms. The molecule has 1 aromatic carbocycles. The highest BCUT2D eigenvalue weighted by Gasteiger charge is 2.48. The lowest BCUT2D eigenvalue weighted by molar-refractivity contribution is 0.305. The van der Waals surface area contributed by atoms with Crippen molar-refractivity contribution in [2.75, 3.05) is 0 Å². The van der Waals surface area contributed by atoms with Crippen molar-refractivity contribution in [3.8, 4) is 0 Å². The lowest BCUT2D eigenvalue weighted by Gasteiger charge is -2.45. The molecule has 4 nitrogen and oxygen atoms in total. The Morgan fingerprint density at radius 3 is 1.97 bits per heavy atom. The third-order valence-corrected chi connectivity index (χ3v) is 13.9. The van der Waals surface area contributed by atoms with Gasteiger partial charge in [-0.25, -0.2) is 13.1 Å². The first-order valence-electron chi connectivity index (χ1n) is 10.9. The molecule has 29 heavy (non-hydrogen) atoms. The average Bonchev–Trinajstić information content (AvgIpc) is 2.60. The fraction of sp³-hybridized carbons (Fsp3) is 0.652. The molecule has 2 rings (SSSR count). The normalized spacial score (nSPS) is 18.8. The van der Waals surface area contributed by atoms with Crippen molar-refractivity contribution in [2.45, 2.75) is 102 Å². The van der Waals surface area contributed by atoms with Gasteiger partial charge in [0, 0.05) is 0 Å². The van der Waals surface area contributed by atoms with E-state index in [0.29, 0.717) is 21.5 Å². The fourth-order valence-corrected chi connectivity index (χ4v) is 11.5. The molecule has 0 bridgehead atoms. The molecule has 0 saturated heterocycles. The van der Waals surface area contributed by atoms with Crippen LogP contribution in [0.5, 0.6) is 0 Å². The molecule has 0 aromatic heterocycles. The Morgan fingerprint density at radius 1 is 0.966 bits per heavy atom. The van der Waals surface area contributed by atoms with E-state index in [2.05, 4.69) is 53.2 Å². The van der Waals surface area contributed by atoms with Crippen molar-refractivity contribution < 1.29 is 12.8 Å². The molecule has 1 unspecified atom stereocenters. The summed E-state index contributed by atoms with van der Waals surface area (Å²) in [5.74, 6) is 0.884. The molecule has 0 aliphatic heterocycles. The molecule has 0 radical (unpaired) electrons. The SMILES string of the molecule is CC1=C(O[Si](C(C)C)(C(C)C)C(C)C)C(NS(=O)(=O)c2ccc(C)cc2)CCC1. The monoisotopic (exact) mass is 437 g/mol. The van der Waals surface area contributed by atoms with Crippen LogP contribution in [-0.2, 0) is 14.4 Å². The number of hydrogen-bond donors (Lipinski definition) is 1. The zero-order valence-electron chi connectivity index (χ0n) is 19.4. The van der Waals surface area contributed by atoms with Crippen LogP contribution in [0.4, 0.5) is 0 Å². The van der Waals surface area contributed by atoms with E-state index in [0.717, 1.165) is 30.6 Å². The van der Waals surface area contributed by atoms with E-state index in [1.807, 2.05) is 19.1 Å². The van der Waals surface area contributed by atoms with E-state index in [-0.39, 0.29) is 6.04 Å². The Balaban J connectivity index is 2.40. The minimum Gasteiger partial charge on any atom is -0.544 e. The Kier molecular flexibility index (Phi) is 7.79. The molecule has 1 aliphatic rings. The van der Waals surface area contributed by atoms with E-state index in [1.54, 1.807) is 12.1 Å². The van der Waals surface area contributed by atoms with E-state index in [9.17, 15) is 8.42 Å². The number of nitrogens with one attached hydrogen (secondary N) is 1. The maximum atomic E-state index is 13.1. The molecule has 1 aromatic rings. The van der Waals surface area contributed by atoms with Gasteiger partial charge in [0.05, 0.1) is 16.7 Å². The summed E-state index contributed by atoms with van der Waals surface area (Å²) in [4.78, 5) is 0.311. The zero-order chi connectivity index (χ0) is 22.0. The Hall–Kier alpha value is -1.11. The molecule has 1 atom stereocenters. The van der Waals surface area contributed by atoms with E-state index in [4.69, 9.17) is 4.43 Å². The quantitative estimate of drug-likeness (QED) is 0.486. The summed E-state index contributed by atoms with van der Waals surface area (Å²) in [5, 5.41) is 0. The average molecular weight is 438 g/mol. The summed E-state index contributed by atoms with van der Waals surface area (Å²) >= 11 is 0. The standard InChI is InChI=1S/C23H39NO3SSi/c1-16(2)29(17(3)4,18(5)6)27-23-20(8)10-9-11-22(23)24-28(25,26)21-14-12-19(7)13-15-21/h12-18,22,24H,9-11H2,1-8H3. The highest BCUT2D eigenvalue weighted by molar-refractivity contribution is 7.89. The molecule has 0 heterocycles. The van der Waals surface area contributed by atoms with Gasteiger partial charge in [0.25, 0.3) is 8.32 Å². The van der Waals surface area contributed by atoms with Crippen LogP contribution in [-0.4, -0.2) is 22.8 Å². The summed E-state index contributed by atoms with van der Waals surface area (Å²) in [6, 6.07) is 6.72. The van der Waals surface area contributed by atoms with Crippen LogP contribution in [0.1, 0.15) is 73.3 Å².